The Labute approximate surface area is 167 Å². The molecular formula is C17H18Cl2N6S. The summed E-state index contributed by atoms with van der Waals surface area (Å²) in [5.74, 6) is 0. The number of rotatable bonds is 5. The molecule has 0 spiro atoms. The summed E-state index contributed by atoms with van der Waals surface area (Å²) in [4.78, 5) is 0. The minimum atomic E-state index is 0.479. The number of thiocarbonyl (C=S) groups is 1. The van der Waals surface area contributed by atoms with E-state index in [-0.39, 0.29) is 0 Å². The summed E-state index contributed by atoms with van der Waals surface area (Å²) in [5.41, 5.74) is 3.64. The molecule has 2 N–H and O–H groups in total. The number of aromatic nitrogens is 4. The van der Waals surface area contributed by atoms with Crippen LogP contribution in [0.5, 0.6) is 0 Å². The average molecular weight is 409 g/mol. The lowest BCUT2D eigenvalue weighted by Crippen LogP contribution is -2.19. The van der Waals surface area contributed by atoms with E-state index in [9.17, 15) is 0 Å². The third kappa shape index (κ3) is 4.35. The van der Waals surface area contributed by atoms with Gasteiger partial charge in [-0.15, -0.1) is 0 Å². The SMILES string of the molecule is CCn1ncc(NC(=S)Nc2cnn(Cc3ccc(Cl)cc3Cl)c2)c1C. The van der Waals surface area contributed by atoms with Gasteiger partial charge in [0.05, 0.1) is 36.0 Å². The van der Waals surface area contributed by atoms with Crippen molar-refractivity contribution in [3.8, 4) is 0 Å². The predicted octanol–water partition coefficient (Wildman–Crippen LogP) is 4.57. The van der Waals surface area contributed by atoms with Gasteiger partial charge in [0, 0.05) is 22.8 Å². The van der Waals surface area contributed by atoms with Crippen LogP contribution in [-0.2, 0) is 13.1 Å². The lowest BCUT2D eigenvalue weighted by molar-refractivity contribution is 0.640. The van der Waals surface area contributed by atoms with Crippen molar-refractivity contribution in [2.24, 2.45) is 0 Å². The molecule has 2 aromatic heterocycles. The standard InChI is InChI=1S/C17H18Cl2N6S/c1-3-25-11(2)16(8-21-25)23-17(26)22-14-7-20-24(10-14)9-12-4-5-13(18)6-15(12)19/h4-8,10H,3,9H2,1-2H3,(H2,22,23,26). The number of benzene rings is 1. The molecule has 3 rings (SSSR count). The Morgan fingerprint density at radius 2 is 2.00 bits per heavy atom. The summed E-state index contributed by atoms with van der Waals surface area (Å²) in [6, 6.07) is 5.42. The molecule has 9 heteroatoms. The Morgan fingerprint density at radius 1 is 1.19 bits per heavy atom. The molecule has 0 amide bonds. The van der Waals surface area contributed by atoms with E-state index in [0.717, 1.165) is 29.2 Å². The lowest BCUT2D eigenvalue weighted by Gasteiger charge is -2.08. The fourth-order valence-corrected chi connectivity index (χ4v) is 3.21. The van der Waals surface area contributed by atoms with Gasteiger partial charge in [-0.25, -0.2) is 0 Å². The minimum Gasteiger partial charge on any atom is -0.330 e. The van der Waals surface area contributed by atoms with Crippen LogP contribution in [0, 0.1) is 6.92 Å². The van der Waals surface area contributed by atoms with Crippen LogP contribution in [0.15, 0.2) is 36.8 Å². The van der Waals surface area contributed by atoms with Crippen LogP contribution >= 0.6 is 35.4 Å². The van der Waals surface area contributed by atoms with Crippen molar-refractivity contribution >= 4 is 51.9 Å². The number of nitrogens with one attached hydrogen (secondary N) is 2. The fraction of sp³-hybridized carbons (Fsp3) is 0.235. The second-order valence-electron chi connectivity index (χ2n) is 5.70. The maximum Gasteiger partial charge on any atom is 0.175 e. The number of anilines is 2. The fourth-order valence-electron chi connectivity index (χ4n) is 2.51. The van der Waals surface area contributed by atoms with Crippen LogP contribution in [0.1, 0.15) is 18.2 Å². The first-order valence-electron chi connectivity index (χ1n) is 8.03. The van der Waals surface area contributed by atoms with Gasteiger partial charge in [-0.2, -0.15) is 10.2 Å². The quantitative estimate of drug-likeness (QED) is 0.605. The zero-order valence-electron chi connectivity index (χ0n) is 14.3. The Kier molecular flexibility index (Phi) is 5.80. The van der Waals surface area contributed by atoms with E-state index in [1.165, 1.54) is 0 Å². The molecule has 1 aromatic carbocycles. The van der Waals surface area contributed by atoms with Crippen molar-refractivity contribution in [1.82, 2.24) is 19.6 Å². The highest BCUT2D eigenvalue weighted by atomic mass is 35.5. The Morgan fingerprint density at radius 3 is 2.69 bits per heavy atom. The summed E-state index contributed by atoms with van der Waals surface area (Å²) in [6.07, 6.45) is 5.33. The molecule has 0 saturated heterocycles. The number of halogens is 2. The van der Waals surface area contributed by atoms with Crippen molar-refractivity contribution in [2.75, 3.05) is 10.6 Å². The van der Waals surface area contributed by atoms with Crippen molar-refractivity contribution < 1.29 is 0 Å². The Balaban J connectivity index is 1.62. The number of hydrogen-bond donors (Lipinski definition) is 2. The summed E-state index contributed by atoms with van der Waals surface area (Å²) < 4.78 is 3.68. The Hall–Kier alpha value is -2.09. The van der Waals surface area contributed by atoms with Crippen LogP contribution in [0.4, 0.5) is 11.4 Å². The number of aryl methyl sites for hydroxylation is 1. The van der Waals surface area contributed by atoms with Crippen molar-refractivity contribution in [3.63, 3.8) is 0 Å². The normalized spacial score (nSPS) is 10.8. The van der Waals surface area contributed by atoms with Crippen LogP contribution in [0.2, 0.25) is 10.0 Å². The number of hydrogen-bond acceptors (Lipinski definition) is 3. The monoisotopic (exact) mass is 408 g/mol. The van der Waals surface area contributed by atoms with E-state index in [2.05, 4.69) is 20.8 Å². The van der Waals surface area contributed by atoms with Crippen LogP contribution in [0.25, 0.3) is 0 Å². The van der Waals surface area contributed by atoms with Gasteiger partial charge in [0.2, 0.25) is 0 Å². The van der Waals surface area contributed by atoms with E-state index >= 15 is 0 Å². The molecule has 2 heterocycles. The maximum atomic E-state index is 6.21. The average Bonchev–Trinajstić information content (AvgIpc) is 3.17. The van der Waals surface area contributed by atoms with Crippen molar-refractivity contribution in [3.05, 3.63) is 58.1 Å². The van der Waals surface area contributed by atoms with Gasteiger partial charge in [0.25, 0.3) is 0 Å². The van der Waals surface area contributed by atoms with Gasteiger partial charge >= 0.3 is 0 Å². The summed E-state index contributed by atoms with van der Waals surface area (Å²) >= 11 is 17.5. The number of nitrogens with zero attached hydrogens (tertiary/aromatic N) is 4. The topological polar surface area (TPSA) is 59.7 Å². The molecule has 136 valence electrons. The van der Waals surface area contributed by atoms with E-state index in [0.29, 0.717) is 21.7 Å². The smallest absolute Gasteiger partial charge is 0.175 e. The Bertz CT molecular complexity index is 933. The summed E-state index contributed by atoms with van der Waals surface area (Å²) in [6.45, 7) is 5.39. The minimum absolute atomic E-state index is 0.479. The van der Waals surface area contributed by atoms with Gasteiger partial charge in [0.1, 0.15) is 0 Å². The van der Waals surface area contributed by atoms with Gasteiger partial charge < -0.3 is 10.6 Å². The molecule has 0 aliphatic rings. The molecule has 6 nitrogen and oxygen atoms in total. The zero-order valence-corrected chi connectivity index (χ0v) is 16.7. The molecule has 0 fully saturated rings. The first-order valence-corrected chi connectivity index (χ1v) is 9.19. The van der Waals surface area contributed by atoms with E-state index in [1.54, 1.807) is 23.1 Å². The van der Waals surface area contributed by atoms with Gasteiger partial charge in [-0.1, -0.05) is 29.3 Å². The summed E-state index contributed by atoms with van der Waals surface area (Å²) in [7, 11) is 0. The lowest BCUT2D eigenvalue weighted by atomic mass is 10.2. The largest absolute Gasteiger partial charge is 0.330 e. The highest BCUT2D eigenvalue weighted by Crippen LogP contribution is 2.22. The molecule has 0 radical (unpaired) electrons. The molecule has 0 unspecified atom stereocenters. The first kappa shape index (κ1) is 18.7. The van der Waals surface area contributed by atoms with Gasteiger partial charge in [-0.3, -0.25) is 9.36 Å². The van der Waals surface area contributed by atoms with E-state index < -0.39 is 0 Å². The van der Waals surface area contributed by atoms with Crippen molar-refractivity contribution in [1.29, 1.82) is 0 Å². The first-order chi connectivity index (χ1) is 12.5. The molecule has 0 saturated carbocycles. The third-order valence-electron chi connectivity index (χ3n) is 3.89. The third-order valence-corrected chi connectivity index (χ3v) is 4.68. The predicted molar refractivity (Wildman–Crippen MR) is 110 cm³/mol. The summed E-state index contributed by atoms with van der Waals surface area (Å²) in [5, 5.41) is 16.6. The second kappa shape index (κ2) is 8.07. The molecule has 0 aliphatic carbocycles. The van der Waals surface area contributed by atoms with Crippen LogP contribution in [-0.4, -0.2) is 24.7 Å². The molecular weight excluding hydrogens is 391 g/mol. The zero-order chi connectivity index (χ0) is 18.7. The van der Waals surface area contributed by atoms with Gasteiger partial charge in [0.15, 0.2) is 5.11 Å². The highest BCUT2D eigenvalue weighted by Gasteiger charge is 2.08. The van der Waals surface area contributed by atoms with E-state index in [1.807, 2.05) is 36.9 Å². The maximum absolute atomic E-state index is 6.21. The van der Waals surface area contributed by atoms with E-state index in [4.69, 9.17) is 35.4 Å². The molecule has 0 bridgehead atoms. The second-order valence-corrected chi connectivity index (χ2v) is 6.95. The van der Waals surface area contributed by atoms with Crippen molar-refractivity contribution in [2.45, 2.75) is 26.9 Å². The van der Waals surface area contributed by atoms with Crippen LogP contribution in [0.3, 0.4) is 0 Å². The highest BCUT2D eigenvalue weighted by molar-refractivity contribution is 7.80. The molecule has 26 heavy (non-hydrogen) atoms. The molecule has 0 atom stereocenters. The van der Waals surface area contributed by atoms with Gasteiger partial charge in [-0.05, 0) is 43.8 Å². The molecule has 0 aliphatic heterocycles. The van der Waals surface area contributed by atoms with Crippen LogP contribution < -0.4 is 10.6 Å². The molecule has 3 aromatic rings.